The van der Waals surface area contributed by atoms with Crippen molar-refractivity contribution in [1.29, 1.82) is 0 Å². The first-order valence-electron chi connectivity index (χ1n) is 5.04. The highest BCUT2D eigenvalue weighted by Gasteiger charge is 2.29. The van der Waals surface area contributed by atoms with Crippen LogP contribution in [0.25, 0.3) is 0 Å². The van der Waals surface area contributed by atoms with Crippen LogP contribution in [-0.2, 0) is 9.53 Å². The molecule has 1 unspecified atom stereocenters. The molecule has 0 aliphatic carbocycles. The number of ether oxygens (including phenoxy) is 1. The van der Waals surface area contributed by atoms with Gasteiger partial charge in [0.05, 0.1) is 0 Å². The molecule has 0 N–H and O–H groups in total. The Morgan fingerprint density at radius 3 is 2.67 bits per heavy atom. The summed E-state index contributed by atoms with van der Waals surface area (Å²) >= 11 is 0. The molecule has 2 heteroatoms. The number of hydrogen-bond donors (Lipinski definition) is 0. The van der Waals surface area contributed by atoms with E-state index >= 15 is 0 Å². The Kier molecular flexibility index (Phi) is 2.35. The van der Waals surface area contributed by atoms with Gasteiger partial charge in [0, 0.05) is 12.0 Å². The number of hydrogen-bond acceptors (Lipinski definition) is 2. The number of aryl methyl sites for hydroxylation is 2. The lowest BCUT2D eigenvalue weighted by Crippen LogP contribution is -2.01. The molecule has 0 aromatic heterocycles. The second kappa shape index (κ2) is 3.54. The predicted octanol–water partition coefficient (Wildman–Crippen LogP) is 2.85. The number of carbonyl (C=O) groups is 1. The number of benzene rings is 1. The van der Waals surface area contributed by atoms with Gasteiger partial charge in [-0.25, -0.2) is 4.79 Å². The maximum Gasteiger partial charge on any atom is 0.334 e. The van der Waals surface area contributed by atoms with Crippen LogP contribution < -0.4 is 0 Å². The number of cyclic esters (lactones) is 1. The zero-order chi connectivity index (χ0) is 11.0. The van der Waals surface area contributed by atoms with Gasteiger partial charge >= 0.3 is 5.97 Å². The van der Waals surface area contributed by atoms with Crippen LogP contribution in [0, 0.1) is 13.8 Å². The molecule has 1 aliphatic rings. The van der Waals surface area contributed by atoms with Crippen molar-refractivity contribution in [2.45, 2.75) is 26.4 Å². The summed E-state index contributed by atoms with van der Waals surface area (Å²) in [5, 5.41) is 0. The Bertz CT molecular complexity index is 416. The molecular weight excluding hydrogens is 188 g/mol. The van der Waals surface area contributed by atoms with Gasteiger partial charge in [-0.3, -0.25) is 0 Å². The molecule has 0 saturated carbocycles. The molecule has 1 atom stereocenters. The van der Waals surface area contributed by atoms with Crippen molar-refractivity contribution in [3.05, 3.63) is 47.0 Å². The van der Waals surface area contributed by atoms with Gasteiger partial charge in [-0.2, -0.15) is 0 Å². The standard InChI is InChI=1S/C13H14O2/c1-8-4-5-11(9(2)6-8)12-7-10(3)13(14)15-12/h4-6,12H,3,7H2,1-2H3. The molecule has 1 aromatic rings. The van der Waals surface area contributed by atoms with Gasteiger partial charge in [0.15, 0.2) is 0 Å². The molecule has 1 heterocycles. The zero-order valence-electron chi connectivity index (χ0n) is 9.04. The number of esters is 1. The highest BCUT2D eigenvalue weighted by atomic mass is 16.5. The van der Waals surface area contributed by atoms with E-state index in [2.05, 4.69) is 19.6 Å². The maximum absolute atomic E-state index is 11.2. The largest absolute Gasteiger partial charge is 0.454 e. The fourth-order valence-corrected chi connectivity index (χ4v) is 1.92. The van der Waals surface area contributed by atoms with Gasteiger partial charge in [0.25, 0.3) is 0 Å². The van der Waals surface area contributed by atoms with Gasteiger partial charge in [-0.05, 0) is 25.0 Å². The normalized spacial score (nSPS) is 20.5. The molecule has 2 rings (SSSR count). The fraction of sp³-hybridized carbons (Fsp3) is 0.308. The number of carbonyl (C=O) groups excluding carboxylic acids is 1. The molecule has 15 heavy (non-hydrogen) atoms. The topological polar surface area (TPSA) is 26.3 Å². The molecular formula is C13H14O2. The van der Waals surface area contributed by atoms with Gasteiger partial charge in [0.1, 0.15) is 6.10 Å². The summed E-state index contributed by atoms with van der Waals surface area (Å²) in [7, 11) is 0. The summed E-state index contributed by atoms with van der Waals surface area (Å²) in [5.41, 5.74) is 4.05. The smallest absolute Gasteiger partial charge is 0.334 e. The van der Waals surface area contributed by atoms with Crippen molar-refractivity contribution in [3.63, 3.8) is 0 Å². The Morgan fingerprint density at radius 1 is 1.40 bits per heavy atom. The average molecular weight is 202 g/mol. The first-order valence-corrected chi connectivity index (χ1v) is 5.04. The van der Waals surface area contributed by atoms with Crippen molar-refractivity contribution >= 4 is 5.97 Å². The third kappa shape index (κ3) is 1.80. The second-order valence-corrected chi connectivity index (χ2v) is 4.06. The SMILES string of the molecule is C=C1CC(c2ccc(C)cc2C)OC1=O. The van der Waals surface area contributed by atoms with E-state index in [4.69, 9.17) is 4.74 Å². The molecule has 2 nitrogen and oxygen atoms in total. The van der Waals surface area contributed by atoms with E-state index in [1.807, 2.05) is 19.1 Å². The van der Waals surface area contributed by atoms with E-state index in [1.165, 1.54) is 11.1 Å². The average Bonchev–Trinajstić information content (AvgIpc) is 2.46. The van der Waals surface area contributed by atoms with Gasteiger partial charge in [0.2, 0.25) is 0 Å². The summed E-state index contributed by atoms with van der Waals surface area (Å²) in [6.45, 7) is 7.77. The minimum atomic E-state index is -0.264. The van der Waals surface area contributed by atoms with Crippen molar-refractivity contribution in [2.75, 3.05) is 0 Å². The van der Waals surface area contributed by atoms with Crippen LogP contribution in [0.1, 0.15) is 29.2 Å². The molecule has 0 amide bonds. The molecule has 1 aromatic carbocycles. The molecule has 1 aliphatic heterocycles. The lowest BCUT2D eigenvalue weighted by atomic mass is 9.98. The van der Waals surface area contributed by atoms with Crippen LogP contribution in [0.2, 0.25) is 0 Å². The summed E-state index contributed by atoms with van der Waals surface area (Å²) < 4.78 is 5.24. The van der Waals surface area contributed by atoms with E-state index in [-0.39, 0.29) is 12.1 Å². The van der Waals surface area contributed by atoms with Crippen molar-refractivity contribution < 1.29 is 9.53 Å². The minimum Gasteiger partial charge on any atom is -0.454 e. The van der Waals surface area contributed by atoms with E-state index in [0.717, 1.165) is 5.56 Å². The van der Waals surface area contributed by atoms with Crippen molar-refractivity contribution in [3.8, 4) is 0 Å². The fourth-order valence-electron chi connectivity index (χ4n) is 1.92. The molecule has 0 spiro atoms. The summed E-state index contributed by atoms with van der Waals surface area (Å²) in [6.07, 6.45) is 0.480. The summed E-state index contributed by atoms with van der Waals surface area (Å²) in [4.78, 5) is 11.2. The Hall–Kier alpha value is -1.57. The highest BCUT2D eigenvalue weighted by molar-refractivity contribution is 5.90. The zero-order valence-corrected chi connectivity index (χ0v) is 9.04. The highest BCUT2D eigenvalue weighted by Crippen LogP contribution is 2.33. The first kappa shape index (κ1) is 9.97. The Balaban J connectivity index is 2.31. The van der Waals surface area contributed by atoms with E-state index in [9.17, 15) is 4.79 Å². The molecule has 0 radical (unpaired) electrons. The Labute approximate surface area is 89.6 Å². The lowest BCUT2D eigenvalue weighted by Gasteiger charge is -2.12. The van der Waals surface area contributed by atoms with Gasteiger partial charge < -0.3 is 4.74 Å². The van der Waals surface area contributed by atoms with Crippen LogP contribution in [0.15, 0.2) is 30.4 Å². The summed E-state index contributed by atoms with van der Waals surface area (Å²) in [5.74, 6) is -0.264. The monoisotopic (exact) mass is 202 g/mol. The predicted molar refractivity (Wildman–Crippen MR) is 58.5 cm³/mol. The number of rotatable bonds is 1. The van der Waals surface area contributed by atoms with Crippen LogP contribution in [0.3, 0.4) is 0 Å². The van der Waals surface area contributed by atoms with Gasteiger partial charge in [-0.1, -0.05) is 30.3 Å². The third-order valence-electron chi connectivity index (χ3n) is 2.74. The van der Waals surface area contributed by atoms with Crippen molar-refractivity contribution in [2.24, 2.45) is 0 Å². The minimum absolute atomic E-state index is 0.134. The maximum atomic E-state index is 11.2. The van der Waals surface area contributed by atoms with E-state index < -0.39 is 0 Å². The quantitative estimate of drug-likeness (QED) is 0.517. The van der Waals surface area contributed by atoms with Gasteiger partial charge in [-0.15, -0.1) is 0 Å². The third-order valence-corrected chi connectivity index (χ3v) is 2.74. The van der Waals surface area contributed by atoms with E-state index in [1.54, 1.807) is 0 Å². The van der Waals surface area contributed by atoms with Crippen LogP contribution in [-0.4, -0.2) is 5.97 Å². The molecule has 1 saturated heterocycles. The Morgan fingerprint density at radius 2 is 2.13 bits per heavy atom. The van der Waals surface area contributed by atoms with Crippen LogP contribution >= 0.6 is 0 Å². The lowest BCUT2D eigenvalue weighted by molar-refractivity contribution is -0.139. The molecule has 1 fully saturated rings. The second-order valence-electron chi connectivity index (χ2n) is 4.06. The van der Waals surface area contributed by atoms with Crippen LogP contribution in [0.4, 0.5) is 0 Å². The van der Waals surface area contributed by atoms with Crippen molar-refractivity contribution in [1.82, 2.24) is 0 Å². The summed E-state index contributed by atoms with van der Waals surface area (Å²) in [6, 6.07) is 6.17. The van der Waals surface area contributed by atoms with Crippen LogP contribution in [0.5, 0.6) is 0 Å². The van der Waals surface area contributed by atoms with E-state index in [0.29, 0.717) is 12.0 Å². The molecule has 78 valence electrons. The first-order chi connectivity index (χ1) is 7.08. The molecule has 0 bridgehead atoms.